The first-order valence-electron chi connectivity index (χ1n) is 7.04. The van der Waals surface area contributed by atoms with Crippen molar-refractivity contribution in [3.63, 3.8) is 0 Å². The van der Waals surface area contributed by atoms with Crippen molar-refractivity contribution in [1.29, 1.82) is 0 Å². The van der Waals surface area contributed by atoms with Crippen molar-refractivity contribution in [2.75, 3.05) is 26.2 Å². The van der Waals surface area contributed by atoms with Gasteiger partial charge >= 0.3 is 0 Å². The maximum Gasteiger partial charge on any atom is 0.00670 e. The van der Waals surface area contributed by atoms with E-state index in [2.05, 4.69) is 37.9 Å². The first kappa shape index (κ1) is 14.0. The smallest absolute Gasteiger partial charge is 0.00670 e. The zero-order chi connectivity index (χ0) is 12.0. The molecule has 1 aliphatic rings. The number of likely N-dealkylation sites (tertiary alicyclic amines) is 1. The standard InChI is InChI=1S/C14H30N2/c1-12(2)9-15-10-13(3)11-16-8-6-5-7-14(16)4/h12-15H,5-11H2,1-4H3. The van der Waals surface area contributed by atoms with E-state index in [-0.39, 0.29) is 0 Å². The lowest BCUT2D eigenvalue weighted by molar-refractivity contribution is 0.139. The van der Waals surface area contributed by atoms with E-state index in [1.165, 1.54) is 38.9 Å². The van der Waals surface area contributed by atoms with Gasteiger partial charge in [0, 0.05) is 12.6 Å². The zero-order valence-electron chi connectivity index (χ0n) is 11.6. The van der Waals surface area contributed by atoms with Crippen LogP contribution in [0.15, 0.2) is 0 Å². The Morgan fingerprint density at radius 2 is 1.94 bits per heavy atom. The Kier molecular flexibility index (Phi) is 6.37. The number of nitrogens with one attached hydrogen (secondary N) is 1. The molecule has 2 atom stereocenters. The van der Waals surface area contributed by atoms with E-state index < -0.39 is 0 Å². The first-order valence-corrected chi connectivity index (χ1v) is 7.04. The summed E-state index contributed by atoms with van der Waals surface area (Å²) in [4.78, 5) is 2.67. The van der Waals surface area contributed by atoms with Crippen LogP contribution in [0.25, 0.3) is 0 Å². The topological polar surface area (TPSA) is 15.3 Å². The van der Waals surface area contributed by atoms with E-state index in [4.69, 9.17) is 0 Å². The molecule has 0 radical (unpaired) electrons. The Hall–Kier alpha value is -0.0800. The van der Waals surface area contributed by atoms with Crippen LogP contribution in [-0.4, -0.2) is 37.1 Å². The Morgan fingerprint density at radius 1 is 1.19 bits per heavy atom. The molecule has 1 aliphatic heterocycles. The maximum atomic E-state index is 3.56. The second-order valence-corrected chi connectivity index (χ2v) is 6.00. The van der Waals surface area contributed by atoms with Crippen LogP contribution in [-0.2, 0) is 0 Å². The second-order valence-electron chi connectivity index (χ2n) is 6.00. The van der Waals surface area contributed by atoms with Crippen molar-refractivity contribution in [2.45, 2.75) is 53.0 Å². The highest BCUT2D eigenvalue weighted by Gasteiger charge is 2.19. The minimum Gasteiger partial charge on any atom is -0.316 e. The quantitative estimate of drug-likeness (QED) is 0.749. The molecule has 1 rings (SSSR count). The van der Waals surface area contributed by atoms with Crippen LogP contribution in [0.3, 0.4) is 0 Å². The second kappa shape index (κ2) is 7.29. The molecule has 0 aliphatic carbocycles. The fraction of sp³-hybridized carbons (Fsp3) is 1.00. The highest BCUT2D eigenvalue weighted by Crippen LogP contribution is 2.17. The lowest BCUT2D eigenvalue weighted by Gasteiger charge is -2.35. The average Bonchev–Trinajstić information content (AvgIpc) is 2.21. The maximum absolute atomic E-state index is 3.56. The number of hydrogen-bond donors (Lipinski definition) is 1. The van der Waals surface area contributed by atoms with Crippen molar-refractivity contribution in [3.8, 4) is 0 Å². The largest absolute Gasteiger partial charge is 0.316 e. The van der Waals surface area contributed by atoms with Gasteiger partial charge in [-0.1, -0.05) is 27.2 Å². The molecule has 0 amide bonds. The van der Waals surface area contributed by atoms with E-state index in [1.807, 2.05) is 0 Å². The van der Waals surface area contributed by atoms with E-state index >= 15 is 0 Å². The van der Waals surface area contributed by atoms with Gasteiger partial charge in [-0.2, -0.15) is 0 Å². The molecule has 2 unspecified atom stereocenters. The van der Waals surface area contributed by atoms with Gasteiger partial charge in [-0.25, -0.2) is 0 Å². The molecule has 1 fully saturated rings. The summed E-state index contributed by atoms with van der Waals surface area (Å²) in [6.45, 7) is 14.2. The molecule has 1 N–H and O–H groups in total. The molecule has 0 aromatic heterocycles. The van der Waals surface area contributed by atoms with Crippen molar-refractivity contribution < 1.29 is 0 Å². The van der Waals surface area contributed by atoms with Crippen LogP contribution in [0.2, 0.25) is 0 Å². The van der Waals surface area contributed by atoms with Crippen molar-refractivity contribution in [3.05, 3.63) is 0 Å². The lowest BCUT2D eigenvalue weighted by atomic mass is 10.0. The Balaban J connectivity index is 2.14. The summed E-state index contributed by atoms with van der Waals surface area (Å²) in [5, 5.41) is 3.56. The summed E-state index contributed by atoms with van der Waals surface area (Å²) >= 11 is 0. The van der Waals surface area contributed by atoms with Crippen LogP contribution in [0.5, 0.6) is 0 Å². The SMILES string of the molecule is CC(C)CNCC(C)CN1CCCCC1C. The van der Waals surface area contributed by atoms with E-state index in [1.54, 1.807) is 0 Å². The van der Waals surface area contributed by atoms with Gasteiger partial charge in [0.25, 0.3) is 0 Å². The number of piperidine rings is 1. The third kappa shape index (κ3) is 5.31. The Morgan fingerprint density at radius 3 is 2.56 bits per heavy atom. The Bertz CT molecular complexity index is 180. The molecule has 0 aromatic rings. The zero-order valence-corrected chi connectivity index (χ0v) is 11.6. The minimum atomic E-state index is 0.765. The number of rotatable bonds is 6. The summed E-state index contributed by atoms with van der Waals surface area (Å²) in [5.74, 6) is 1.54. The van der Waals surface area contributed by atoms with Gasteiger partial charge in [0.2, 0.25) is 0 Å². The van der Waals surface area contributed by atoms with Crippen LogP contribution in [0.1, 0.15) is 47.0 Å². The van der Waals surface area contributed by atoms with E-state index in [0.29, 0.717) is 0 Å². The van der Waals surface area contributed by atoms with Crippen LogP contribution < -0.4 is 5.32 Å². The lowest BCUT2D eigenvalue weighted by Crippen LogP contribution is -2.42. The number of nitrogens with zero attached hydrogens (tertiary/aromatic N) is 1. The molecule has 0 aromatic carbocycles. The van der Waals surface area contributed by atoms with Gasteiger partial charge in [0.15, 0.2) is 0 Å². The minimum absolute atomic E-state index is 0.765. The van der Waals surface area contributed by atoms with Crippen LogP contribution in [0.4, 0.5) is 0 Å². The van der Waals surface area contributed by atoms with Crippen molar-refractivity contribution >= 4 is 0 Å². The summed E-state index contributed by atoms with van der Waals surface area (Å²) in [7, 11) is 0. The molecule has 1 saturated heterocycles. The van der Waals surface area contributed by atoms with Crippen LogP contribution in [0, 0.1) is 11.8 Å². The van der Waals surface area contributed by atoms with Crippen LogP contribution >= 0.6 is 0 Å². The summed E-state index contributed by atoms with van der Waals surface area (Å²) in [6.07, 6.45) is 4.22. The molecule has 0 bridgehead atoms. The van der Waals surface area contributed by atoms with Gasteiger partial charge in [0.1, 0.15) is 0 Å². The monoisotopic (exact) mass is 226 g/mol. The number of hydrogen-bond acceptors (Lipinski definition) is 2. The normalized spacial score (nSPS) is 24.9. The summed E-state index contributed by atoms with van der Waals surface area (Å²) < 4.78 is 0. The van der Waals surface area contributed by atoms with E-state index in [9.17, 15) is 0 Å². The molecule has 0 saturated carbocycles. The molecule has 0 spiro atoms. The molecular weight excluding hydrogens is 196 g/mol. The average molecular weight is 226 g/mol. The van der Waals surface area contributed by atoms with Gasteiger partial charge in [-0.05, 0) is 51.2 Å². The fourth-order valence-corrected chi connectivity index (χ4v) is 2.51. The molecular formula is C14H30N2. The van der Waals surface area contributed by atoms with Gasteiger partial charge in [0.05, 0.1) is 0 Å². The van der Waals surface area contributed by atoms with Gasteiger partial charge in [-0.15, -0.1) is 0 Å². The van der Waals surface area contributed by atoms with Gasteiger partial charge < -0.3 is 10.2 Å². The first-order chi connectivity index (χ1) is 7.59. The van der Waals surface area contributed by atoms with Crippen molar-refractivity contribution in [2.24, 2.45) is 11.8 Å². The highest BCUT2D eigenvalue weighted by atomic mass is 15.2. The van der Waals surface area contributed by atoms with Crippen molar-refractivity contribution in [1.82, 2.24) is 10.2 Å². The predicted molar refractivity (Wildman–Crippen MR) is 71.8 cm³/mol. The Labute approximate surface area is 102 Å². The summed E-state index contributed by atoms with van der Waals surface area (Å²) in [6, 6.07) is 0.807. The molecule has 16 heavy (non-hydrogen) atoms. The van der Waals surface area contributed by atoms with E-state index in [0.717, 1.165) is 24.4 Å². The van der Waals surface area contributed by atoms with Gasteiger partial charge in [-0.3, -0.25) is 0 Å². The molecule has 96 valence electrons. The fourth-order valence-electron chi connectivity index (χ4n) is 2.51. The molecule has 2 nitrogen and oxygen atoms in total. The summed E-state index contributed by atoms with van der Waals surface area (Å²) in [5.41, 5.74) is 0. The molecule has 1 heterocycles. The third-order valence-corrected chi connectivity index (χ3v) is 3.53. The highest BCUT2D eigenvalue weighted by molar-refractivity contribution is 4.75. The third-order valence-electron chi connectivity index (χ3n) is 3.53. The molecule has 2 heteroatoms. The predicted octanol–water partition coefficient (Wildman–Crippen LogP) is 2.74.